The molecule has 0 spiro atoms. The van der Waals surface area contributed by atoms with Crippen LogP contribution in [0.1, 0.15) is 38.2 Å². The smallest absolute Gasteiger partial charge is 0.305 e. The van der Waals surface area contributed by atoms with Gasteiger partial charge in [-0.2, -0.15) is 0 Å². The van der Waals surface area contributed by atoms with Crippen molar-refractivity contribution in [2.45, 2.75) is 39.2 Å². The van der Waals surface area contributed by atoms with E-state index in [1.54, 1.807) is 0 Å². The second-order valence-electron chi connectivity index (χ2n) is 4.35. The first-order valence-corrected chi connectivity index (χ1v) is 7.65. The third kappa shape index (κ3) is 5.92. The molecule has 0 unspecified atom stereocenters. The Labute approximate surface area is 128 Å². The third-order valence-electron chi connectivity index (χ3n) is 2.80. The van der Waals surface area contributed by atoms with Crippen LogP contribution in [0, 0.1) is 0 Å². The highest BCUT2D eigenvalue weighted by Crippen LogP contribution is 2.29. The molecule has 0 aliphatic carbocycles. The largest absolute Gasteiger partial charge is 0.492 e. The Morgan fingerprint density at radius 1 is 1.30 bits per heavy atom. The van der Waals surface area contributed by atoms with Gasteiger partial charge in [0.05, 0.1) is 24.3 Å². The first-order valence-electron chi connectivity index (χ1n) is 6.85. The second-order valence-corrected chi connectivity index (χ2v) is 5.20. The van der Waals surface area contributed by atoms with E-state index in [2.05, 4.69) is 15.9 Å². The van der Waals surface area contributed by atoms with E-state index >= 15 is 0 Å². The SMILES string of the molecule is CCOC(=O)CCCCCOc1c(Br)cccc1CO. The molecular weight excluding hydrogens is 324 g/mol. The Morgan fingerprint density at radius 3 is 2.80 bits per heavy atom. The van der Waals surface area contributed by atoms with Crippen LogP contribution in [0.3, 0.4) is 0 Å². The molecule has 1 aromatic rings. The van der Waals surface area contributed by atoms with E-state index in [1.807, 2.05) is 25.1 Å². The molecule has 0 radical (unpaired) electrons. The number of unbranched alkanes of at least 4 members (excludes halogenated alkanes) is 2. The summed E-state index contributed by atoms with van der Waals surface area (Å²) in [6.07, 6.45) is 3.05. The van der Waals surface area contributed by atoms with Gasteiger partial charge in [0.25, 0.3) is 0 Å². The van der Waals surface area contributed by atoms with Gasteiger partial charge in [0.1, 0.15) is 5.75 Å². The highest BCUT2D eigenvalue weighted by molar-refractivity contribution is 9.10. The number of aliphatic hydroxyl groups is 1. The van der Waals surface area contributed by atoms with Crippen LogP contribution in [-0.4, -0.2) is 24.3 Å². The van der Waals surface area contributed by atoms with Crippen LogP contribution < -0.4 is 4.74 Å². The Kier molecular flexibility index (Phi) is 8.30. The van der Waals surface area contributed by atoms with E-state index in [9.17, 15) is 9.90 Å². The van der Waals surface area contributed by atoms with Crippen LogP contribution in [-0.2, 0) is 16.1 Å². The minimum absolute atomic E-state index is 0.0440. The lowest BCUT2D eigenvalue weighted by Gasteiger charge is -2.11. The molecule has 5 heteroatoms. The topological polar surface area (TPSA) is 55.8 Å². The van der Waals surface area contributed by atoms with Crippen molar-refractivity contribution in [3.8, 4) is 5.75 Å². The first-order chi connectivity index (χ1) is 9.69. The van der Waals surface area contributed by atoms with E-state index in [0.29, 0.717) is 25.4 Å². The van der Waals surface area contributed by atoms with Gasteiger partial charge in [-0.15, -0.1) is 0 Å². The van der Waals surface area contributed by atoms with Crippen LogP contribution in [0.4, 0.5) is 0 Å². The van der Waals surface area contributed by atoms with E-state index in [1.165, 1.54) is 0 Å². The molecule has 0 aromatic heterocycles. The number of rotatable bonds is 9. The summed E-state index contributed by atoms with van der Waals surface area (Å²) in [7, 11) is 0. The fourth-order valence-electron chi connectivity index (χ4n) is 1.80. The maximum Gasteiger partial charge on any atom is 0.305 e. The van der Waals surface area contributed by atoms with Crippen molar-refractivity contribution in [1.29, 1.82) is 0 Å². The fourth-order valence-corrected chi connectivity index (χ4v) is 2.32. The summed E-state index contributed by atoms with van der Waals surface area (Å²) >= 11 is 3.41. The Morgan fingerprint density at radius 2 is 2.10 bits per heavy atom. The number of hydrogen-bond acceptors (Lipinski definition) is 4. The van der Waals surface area contributed by atoms with Crippen LogP contribution in [0.2, 0.25) is 0 Å². The van der Waals surface area contributed by atoms with Crippen LogP contribution in [0.25, 0.3) is 0 Å². The lowest BCUT2D eigenvalue weighted by Crippen LogP contribution is -2.04. The summed E-state index contributed by atoms with van der Waals surface area (Å²) < 4.78 is 11.4. The molecule has 0 saturated heterocycles. The number of para-hydroxylation sites is 1. The van der Waals surface area contributed by atoms with Crippen LogP contribution in [0.15, 0.2) is 22.7 Å². The van der Waals surface area contributed by atoms with Crippen molar-refractivity contribution in [3.05, 3.63) is 28.2 Å². The van der Waals surface area contributed by atoms with Crippen LogP contribution in [0.5, 0.6) is 5.75 Å². The molecule has 20 heavy (non-hydrogen) atoms. The average Bonchev–Trinajstić information content (AvgIpc) is 2.44. The number of benzene rings is 1. The quantitative estimate of drug-likeness (QED) is 0.550. The molecule has 4 nitrogen and oxygen atoms in total. The van der Waals surface area contributed by atoms with Gasteiger partial charge in [-0.05, 0) is 48.2 Å². The Hall–Kier alpha value is -1.07. The van der Waals surface area contributed by atoms with Gasteiger partial charge in [0.2, 0.25) is 0 Å². The number of carbonyl (C=O) groups excluding carboxylic acids is 1. The Bertz CT molecular complexity index is 420. The number of aliphatic hydroxyl groups excluding tert-OH is 1. The summed E-state index contributed by atoms with van der Waals surface area (Å²) in [6, 6.07) is 5.58. The van der Waals surface area contributed by atoms with Crippen molar-refractivity contribution >= 4 is 21.9 Å². The Balaban J connectivity index is 2.23. The standard InChI is InChI=1S/C15H21BrO4/c1-2-19-14(18)9-4-3-5-10-20-15-12(11-17)7-6-8-13(15)16/h6-8,17H,2-5,9-11H2,1H3. The van der Waals surface area contributed by atoms with Gasteiger partial charge in [0.15, 0.2) is 0 Å². The molecule has 0 bridgehead atoms. The molecule has 0 aliphatic heterocycles. The second kappa shape index (κ2) is 9.77. The maximum atomic E-state index is 11.1. The minimum atomic E-state index is -0.137. The van der Waals surface area contributed by atoms with Crippen molar-refractivity contribution in [2.75, 3.05) is 13.2 Å². The molecular formula is C15H21BrO4. The highest BCUT2D eigenvalue weighted by Gasteiger charge is 2.07. The first kappa shape index (κ1) is 17.0. The highest BCUT2D eigenvalue weighted by atomic mass is 79.9. The summed E-state index contributed by atoms with van der Waals surface area (Å²) in [5.74, 6) is 0.558. The predicted molar refractivity (Wildman–Crippen MR) is 80.7 cm³/mol. The van der Waals surface area contributed by atoms with E-state index in [-0.39, 0.29) is 12.6 Å². The number of esters is 1. The number of ether oxygens (including phenoxy) is 2. The summed E-state index contributed by atoms with van der Waals surface area (Å²) in [5.41, 5.74) is 0.769. The van der Waals surface area contributed by atoms with Crippen molar-refractivity contribution in [2.24, 2.45) is 0 Å². The minimum Gasteiger partial charge on any atom is -0.492 e. The number of carbonyl (C=O) groups is 1. The van der Waals surface area contributed by atoms with E-state index in [0.717, 1.165) is 29.3 Å². The van der Waals surface area contributed by atoms with Crippen molar-refractivity contribution in [3.63, 3.8) is 0 Å². The monoisotopic (exact) mass is 344 g/mol. The van der Waals surface area contributed by atoms with E-state index < -0.39 is 0 Å². The zero-order valence-corrected chi connectivity index (χ0v) is 13.3. The molecule has 0 heterocycles. The summed E-state index contributed by atoms with van der Waals surface area (Å²) in [6.45, 7) is 2.77. The van der Waals surface area contributed by atoms with Gasteiger partial charge in [-0.1, -0.05) is 12.1 Å². The molecule has 1 N–H and O–H groups in total. The summed E-state index contributed by atoms with van der Waals surface area (Å²) in [4.78, 5) is 11.1. The lowest BCUT2D eigenvalue weighted by atomic mass is 10.2. The van der Waals surface area contributed by atoms with Crippen LogP contribution >= 0.6 is 15.9 Å². The van der Waals surface area contributed by atoms with Gasteiger partial charge in [-0.3, -0.25) is 4.79 Å². The molecule has 0 saturated carbocycles. The predicted octanol–water partition coefficient (Wildman–Crippen LogP) is 3.44. The number of halogens is 1. The maximum absolute atomic E-state index is 11.1. The number of hydrogen-bond donors (Lipinski definition) is 1. The normalized spacial score (nSPS) is 10.3. The average molecular weight is 345 g/mol. The molecule has 112 valence electrons. The molecule has 1 rings (SSSR count). The van der Waals surface area contributed by atoms with Crippen molar-refractivity contribution < 1.29 is 19.4 Å². The lowest BCUT2D eigenvalue weighted by molar-refractivity contribution is -0.143. The van der Waals surface area contributed by atoms with Gasteiger partial charge < -0.3 is 14.6 Å². The summed E-state index contributed by atoms with van der Waals surface area (Å²) in [5, 5.41) is 9.24. The molecule has 0 aliphatic rings. The molecule has 1 aromatic carbocycles. The van der Waals surface area contributed by atoms with Gasteiger partial charge in [0, 0.05) is 12.0 Å². The van der Waals surface area contributed by atoms with Gasteiger partial charge >= 0.3 is 5.97 Å². The molecule has 0 fully saturated rings. The molecule has 0 amide bonds. The van der Waals surface area contributed by atoms with E-state index in [4.69, 9.17) is 9.47 Å². The zero-order chi connectivity index (χ0) is 14.8. The van der Waals surface area contributed by atoms with Crippen molar-refractivity contribution in [1.82, 2.24) is 0 Å². The fraction of sp³-hybridized carbons (Fsp3) is 0.533. The van der Waals surface area contributed by atoms with Gasteiger partial charge in [-0.25, -0.2) is 0 Å². The molecule has 0 atom stereocenters. The third-order valence-corrected chi connectivity index (χ3v) is 3.42. The zero-order valence-electron chi connectivity index (χ0n) is 11.7.